The molecule has 15 heavy (non-hydrogen) atoms. The van der Waals surface area contributed by atoms with Crippen molar-refractivity contribution in [1.29, 1.82) is 0 Å². The van der Waals surface area contributed by atoms with Gasteiger partial charge in [-0.15, -0.1) is 0 Å². The Morgan fingerprint density at radius 1 is 0.733 bits per heavy atom. The summed E-state index contributed by atoms with van der Waals surface area (Å²) in [5.74, 6) is 0. The zero-order valence-corrected chi connectivity index (χ0v) is 13.2. The van der Waals surface area contributed by atoms with Crippen LogP contribution in [0.25, 0.3) is 0 Å². The van der Waals surface area contributed by atoms with E-state index in [1.54, 1.807) is 0 Å². The van der Waals surface area contributed by atoms with Gasteiger partial charge >= 0.3 is 99.1 Å². The van der Waals surface area contributed by atoms with Crippen LogP contribution in [0.15, 0.2) is 24.3 Å². The van der Waals surface area contributed by atoms with Gasteiger partial charge in [-0.1, -0.05) is 0 Å². The summed E-state index contributed by atoms with van der Waals surface area (Å²) in [6, 6.07) is 0. The number of hydrogen-bond acceptors (Lipinski definition) is 0. The molecule has 0 unspecified atom stereocenters. The Kier molecular flexibility index (Phi) is 4.41. The third kappa shape index (κ3) is 2.16. The maximum atomic E-state index is 2.46. The Bertz CT molecular complexity index is 225. The van der Waals surface area contributed by atoms with E-state index in [1.807, 2.05) is 0 Å². The molecule has 0 amide bonds. The molecule has 0 bridgehead atoms. The van der Waals surface area contributed by atoms with E-state index in [2.05, 4.69) is 65.8 Å². The van der Waals surface area contributed by atoms with Gasteiger partial charge in [0.15, 0.2) is 0 Å². The summed E-state index contributed by atoms with van der Waals surface area (Å²) in [5, 5.41) is 0. The molecule has 0 saturated heterocycles. The quantitative estimate of drug-likeness (QED) is 0.592. The zero-order chi connectivity index (χ0) is 11.6. The van der Waals surface area contributed by atoms with Gasteiger partial charge in [0.2, 0.25) is 0 Å². The van der Waals surface area contributed by atoms with Crippen LogP contribution in [0.3, 0.4) is 0 Å². The summed E-state index contributed by atoms with van der Waals surface area (Å²) in [5.41, 5.74) is 0. The molecule has 0 atom stereocenters. The zero-order valence-electron chi connectivity index (χ0n) is 10.9. The summed E-state index contributed by atoms with van der Waals surface area (Å²) < 4.78 is 3.50. The first-order valence-corrected chi connectivity index (χ1v) is 11.1. The van der Waals surface area contributed by atoms with Crippen LogP contribution in [0.2, 0.25) is 17.2 Å². The van der Waals surface area contributed by atoms with Crippen molar-refractivity contribution in [3.8, 4) is 0 Å². The van der Waals surface area contributed by atoms with Gasteiger partial charge in [0.25, 0.3) is 0 Å². The molecule has 1 aliphatic carbocycles. The van der Waals surface area contributed by atoms with Crippen molar-refractivity contribution in [2.75, 3.05) is 0 Å². The van der Waals surface area contributed by atoms with Gasteiger partial charge in [0.1, 0.15) is 0 Å². The van der Waals surface area contributed by atoms with Gasteiger partial charge < -0.3 is 0 Å². The van der Waals surface area contributed by atoms with Gasteiger partial charge in [-0.2, -0.15) is 0 Å². The molecular weight excluding hydrogens is 363 g/mol. The van der Waals surface area contributed by atoms with Crippen molar-refractivity contribution in [1.82, 2.24) is 0 Å². The second-order valence-electron chi connectivity index (χ2n) is 4.63. The number of hydrogen-bond donors (Lipinski definition) is 0. The first-order valence-electron chi connectivity index (χ1n) is 5.86. The minimum atomic E-state index is -1.77. The van der Waals surface area contributed by atoms with Crippen LogP contribution >= 0.6 is 0 Å². The molecule has 92 valence electrons. The van der Waals surface area contributed by atoms with E-state index in [0.717, 1.165) is 17.2 Å². The Morgan fingerprint density at radius 2 is 1.07 bits per heavy atom. The van der Waals surface area contributed by atoms with Gasteiger partial charge in [-0.25, -0.2) is 0 Å². The molecule has 0 aromatic rings. The Hall–Kier alpha value is 0.168. The SMILES string of the molecule is C[CH](C)[Pt]([CH](C)C)([CH](C)C)[CH]1C=CC=C1. The van der Waals surface area contributed by atoms with E-state index >= 15 is 0 Å². The normalized spacial score (nSPS) is 18.7. The molecule has 0 aromatic carbocycles. The molecule has 0 aliphatic heterocycles. The summed E-state index contributed by atoms with van der Waals surface area (Å²) in [6.45, 7) is 14.7. The van der Waals surface area contributed by atoms with E-state index in [-0.39, 0.29) is 0 Å². The first kappa shape index (κ1) is 13.2. The fourth-order valence-electron chi connectivity index (χ4n) is 2.60. The van der Waals surface area contributed by atoms with Crippen molar-refractivity contribution < 1.29 is 16.1 Å². The van der Waals surface area contributed by atoms with Crippen molar-refractivity contribution in [3.63, 3.8) is 0 Å². The van der Waals surface area contributed by atoms with E-state index in [9.17, 15) is 0 Å². The molecule has 0 aromatic heterocycles. The maximum absolute atomic E-state index is 2.46. The monoisotopic (exact) mass is 389 g/mol. The predicted molar refractivity (Wildman–Crippen MR) is 67.3 cm³/mol. The van der Waals surface area contributed by atoms with E-state index in [0.29, 0.717) is 0 Å². The molecule has 0 N–H and O–H groups in total. The van der Waals surface area contributed by atoms with Crippen molar-refractivity contribution >= 4 is 0 Å². The van der Waals surface area contributed by atoms with Crippen LogP contribution in [0.4, 0.5) is 0 Å². The third-order valence-electron chi connectivity index (χ3n) is 2.94. The van der Waals surface area contributed by atoms with E-state index < -0.39 is 16.1 Å². The molecule has 0 fully saturated rings. The number of rotatable bonds is 4. The Morgan fingerprint density at radius 3 is 1.33 bits per heavy atom. The average Bonchev–Trinajstić information content (AvgIpc) is 2.55. The molecule has 0 saturated carbocycles. The molecule has 0 nitrogen and oxygen atoms in total. The van der Waals surface area contributed by atoms with Crippen LogP contribution in [0.5, 0.6) is 0 Å². The predicted octanol–water partition coefficient (Wildman–Crippen LogP) is 5.54. The van der Waals surface area contributed by atoms with Crippen molar-refractivity contribution in [2.45, 2.75) is 58.8 Å². The van der Waals surface area contributed by atoms with E-state index in [1.165, 1.54) is 0 Å². The Balaban J connectivity index is 3.13. The second kappa shape index (κ2) is 5.00. The topological polar surface area (TPSA) is 0 Å². The summed E-state index contributed by atoms with van der Waals surface area (Å²) >= 11 is -1.77. The van der Waals surface area contributed by atoms with Crippen LogP contribution < -0.4 is 0 Å². The van der Waals surface area contributed by atoms with Crippen molar-refractivity contribution in [3.05, 3.63) is 24.3 Å². The summed E-state index contributed by atoms with van der Waals surface area (Å²) in [6.07, 6.45) is 9.40. The van der Waals surface area contributed by atoms with Crippen LogP contribution in [0.1, 0.15) is 41.5 Å². The van der Waals surface area contributed by atoms with Gasteiger partial charge in [0.05, 0.1) is 0 Å². The summed E-state index contributed by atoms with van der Waals surface area (Å²) in [4.78, 5) is 0. The fourth-order valence-corrected chi connectivity index (χ4v) is 19.0. The molecular formula is C14H26Pt. The minimum absolute atomic E-state index is 0.803. The van der Waals surface area contributed by atoms with Crippen LogP contribution in [-0.2, 0) is 16.1 Å². The van der Waals surface area contributed by atoms with Gasteiger partial charge in [0, 0.05) is 0 Å². The standard InChI is InChI=1S/C5H5.3C3H7.Pt/c1-2-4-5-3-1;3*1-3-2;/h1-5H;3*3H,1-2H3;. The average molecular weight is 389 g/mol. The fraction of sp³-hybridized carbons (Fsp3) is 0.714. The first-order chi connectivity index (χ1) is 6.94. The molecule has 0 radical (unpaired) electrons. The third-order valence-corrected chi connectivity index (χ3v) is 20.1. The van der Waals surface area contributed by atoms with Gasteiger partial charge in [-0.05, 0) is 0 Å². The molecule has 1 rings (SSSR count). The van der Waals surface area contributed by atoms with Crippen molar-refractivity contribution in [2.24, 2.45) is 0 Å². The number of allylic oxidation sites excluding steroid dienone is 4. The van der Waals surface area contributed by atoms with E-state index in [4.69, 9.17) is 0 Å². The molecule has 1 aliphatic rings. The molecule has 0 heterocycles. The molecule has 0 spiro atoms. The van der Waals surface area contributed by atoms with Crippen LogP contribution in [-0.4, -0.2) is 0 Å². The van der Waals surface area contributed by atoms with Gasteiger partial charge in [-0.3, -0.25) is 0 Å². The van der Waals surface area contributed by atoms with Crippen LogP contribution in [0, 0.1) is 0 Å². The summed E-state index contributed by atoms with van der Waals surface area (Å²) in [7, 11) is 0. The Labute approximate surface area is 99.0 Å². The molecule has 1 heteroatoms. The second-order valence-corrected chi connectivity index (χ2v) is 18.6.